The predicted molar refractivity (Wildman–Crippen MR) is 36.9 cm³/mol. The first-order valence-electron chi connectivity index (χ1n) is 2.75. The molecule has 0 atom stereocenters. The van der Waals surface area contributed by atoms with Crippen LogP contribution in [0.1, 0.15) is 0 Å². The van der Waals surface area contributed by atoms with Gasteiger partial charge < -0.3 is 0 Å². The van der Waals surface area contributed by atoms with E-state index in [1.807, 2.05) is 0 Å². The monoisotopic (exact) mass is 127 g/mol. The Balaban J connectivity index is 3.51. The molecule has 0 aromatic rings. The molecule has 0 aromatic heterocycles. The quantitative estimate of drug-likeness (QED) is 0.313. The van der Waals surface area contributed by atoms with Gasteiger partial charge in [0.2, 0.25) is 0 Å². The number of rotatable bonds is 5. The summed E-state index contributed by atoms with van der Waals surface area (Å²) in [4.78, 5) is 9.90. The van der Waals surface area contributed by atoms with Crippen LogP contribution in [-0.2, 0) is 0 Å². The number of nitrogens with zero attached hydrogens (tertiary/aromatic N) is 1. The van der Waals surface area contributed by atoms with E-state index in [2.05, 4.69) is 18.4 Å². The zero-order chi connectivity index (χ0) is 7.11. The van der Waals surface area contributed by atoms with Crippen LogP contribution in [0.2, 0.25) is 0 Å². The first-order valence-corrected chi connectivity index (χ1v) is 2.75. The number of quaternary nitrogens is 1. The number of nitrogens with one attached hydrogen (secondary N) is 1. The van der Waals surface area contributed by atoms with Crippen molar-refractivity contribution in [2.75, 3.05) is 13.1 Å². The van der Waals surface area contributed by atoms with Crippen LogP contribution in [0.25, 0.3) is 0 Å². The lowest BCUT2D eigenvalue weighted by molar-refractivity contribution is -0.896. The van der Waals surface area contributed by atoms with Crippen LogP contribution >= 0.6 is 0 Å². The fraction of sp³-hybridized carbons (Fsp3) is 0.333. The van der Waals surface area contributed by atoms with Crippen molar-refractivity contribution in [2.24, 2.45) is 5.29 Å². The molecule has 0 saturated carbocycles. The molecule has 0 unspecified atom stereocenters. The van der Waals surface area contributed by atoms with Gasteiger partial charge in [-0.05, 0) is 12.2 Å². The van der Waals surface area contributed by atoms with Crippen molar-refractivity contribution in [1.29, 1.82) is 0 Å². The topological polar surface area (TPSA) is 33.9 Å². The second-order valence-corrected chi connectivity index (χ2v) is 1.64. The van der Waals surface area contributed by atoms with E-state index in [1.54, 1.807) is 12.2 Å². The van der Waals surface area contributed by atoms with Gasteiger partial charge in [-0.2, -0.15) is 5.01 Å². The molecule has 0 radical (unpaired) electrons. The van der Waals surface area contributed by atoms with E-state index in [-0.39, 0.29) is 0 Å². The smallest absolute Gasteiger partial charge is 0.151 e. The van der Waals surface area contributed by atoms with Crippen LogP contribution in [0, 0.1) is 4.91 Å². The van der Waals surface area contributed by atoms with Gasteiger partial charge in [-0.15, -0.1) is 0 Å². The number of hydrogen-bond donors (Lipinski definition) is 1. The van der Waals surface area contributed by atoms with E-state index >= 15 is 0 Å². The third-order valence-corrected chi connectivity index (χ3v) is 0.889. The van der Waals surface area contributed by atoms with Crippen molar-refractivity contribution in [2.45, 2.75) is 0 Å². The Morgan fingerprint density at radius 1 is 1.33 bits per heavy atom. The average Bonchev–Trinajstić information content (AvgIpc) is 1.88. The van der Waals surface area contributed by atoms with Gasteiger partial charge in [0.05, 0.1) is 0 Å². The average molecular weight is 127 g/mol. The summed E-state index contributed by atoms with van der Waals surface area (Å²) in [5, 5.41) is 3.38. The third kappa shape index (κ3) is 3.61. The lowest BCUT2D eigenvalue weighted by atomic mass is 10.5. The third-order valence-electron chi connectivity index (χ3n) is 0.889. The van der Waals surface area contributed by atoms with Gasteiger partial charge in [-0.1, -0.05) is 18.1 Å². The molecule has 0 fully saturated rings. The van der Waals surface area contributed by atoms with Crippen LogP contribution in [0.4, 0.5) is 0 Å². The van der Waals surface area contributed by atoms with Crippen LogP contribution in [-0.4, -0.2) is 13.1 Å². The molecular formula is C6H11N2O+. The summed E-state index contributed by atoms with van der Waals surface area (Å²) in [6.07, 6.45) is 3.31. The van der Waals surface area contributed by atoms with Gasteiger partial charge in [0.1, 0.15) is 13.1 Å². The summed E-state index contributed by atoms with van der Waals surface area (Å²) in [7, 11) is 0. The largest absolute Gasteiger partial charge is 0.165 e. The highest BCUT2D eigenvalue weighted by atomic mass is 16.3. The van der Waals surface area contributed by atoms with E-state index in [1.165, 1.54) is 0 Å². The van der Waals surface area contributed by atoms with Crippen LogP contribution in [0.3, 0.4) is 0 Å². The Bertz CT molecular complexity index is 102. The van der Waals surface area contributed by atoms with Gasteiger partial charge in [0.15, 0.2) is 5.29 Å². The molecule has 0 aliphatic rings. The molecule has 1 N–H and O–H groups in total. The van der Waals surface area contributed by atoms with Crippen molar-refractivity contribution in [3.05, 3.63) is 30.2 Å². The minimum atomic E-state index is 0.565. The van der Waals surface area contributed by atoms with Gasteiger partial charge in [-0.25, -0.2) is 0 Å². The molecule has 50 valence electrons. The number of hydrogen-bond acceptors (Lipinski definition) is 2. The molecule has 0 amide bonds. The summed E-state index contributed by atoms with van der Waals surface area (Å²) in [6.45, 7) is 8.08. The van der Waals surface area contributed by atoms with Gasteiger partial charge in [0, 0.05) is 0 Å². The molecule has 0 heterocycles. The first kappa shape index (κ1) is 8.04. The van der Waals surface area contributed by atoms with E-state index in [9.17, 15) is 4.91 Å². The zero-order valence-corrected chi connectivity index (χ0v) is 5.34. The summed E-state index contributed by atoms with van der Waals surface area (Å²) in [5.74, 6) is 0. The fourth-order valence-electron chi connectivity index (χ4n) is 0.491. The van der Waals surface area contributed by atoms with Crippen molar-refractivity contribution in [3.8, 4) is 0 Å². The molecule has 0 bridgehead atoms. The van der Waals surface area contributed by atoms with E-state index in [0.29, 0.717) is 18.1 Å². The Labute approximate surface area is 54.6 Å². The maximum absolute atomic E-state index is 9.90. The van der Waals surface area contributed by atoms with Crippen molar-refractivity contribution >= 4 is 0 Å². The fourth-order valence-corrected chi connectivity index (χ4v) is 0.491. The predicted octanol–water partition coefficient (Wildman–Crippen LogP) is -0.0753. The zero-order valence-electron chi connectivity index (χ0n) is 5.34. The van der Waals surface area contributed by atoms with Crippen LogP contribution in [0.15, 0.2) is 30.6 Å². The Kier molecular flexibility index (Phi) is 4.63. The molecule has 0 rings (SSSR count). The SMILES string of the molecule is C=CC[NH+](CC=C)N=O. The highest BCUT2D eigenvalue weighted by Gasteiger charge is 1.99. The number of nitroso groups, excluding NO2 is 1. The second-order valence-electron chi connectivity index (χ2n) is 1.64. The second kappa shape index (κ2) is 5.18. The van der Waals surface area contributed by atoms with Gasteiger partial charge in [-0.3, -0.25) is 0 Å². The van der Waals surface area contributed by atoms with Gasteiger partial charge >= 0.3 is 0 Å². The Morgan fingerprint density at radius 3 is 2.00 bits per heavy atom. The lowest BCUT2D eigenvalue weighted by Crippen LogP contribution is -3.06. The maximum atomic E-state index is 9.90. The van der Waals surface area contributed by atoms with E-state index < -0.39 is 0 Å². The summed E-state index contributed by atoms with van der Waals surface area (Å²) < 4.78 is 0. The highest BCUT2D eigenvalue weighted by Crippen LogP contribution is 1.56. The minimum absolute atomic E-state index is 0.565. The molecule has 3 heteroatoms. The van der Waals surface area contributed by atoms with Gasteiger partial charge in [0.25, 0.3) is 0 Å². The minimum Gasteiger partial charge on any atom is -0.165 e. The highest BCUT2D eigenvalue weighted by molar-refractivity contribution is 4.66. The van der Waals surface area contributed by atoms with E-state index in [4.69, 9.17) is 0 Å². The standard InChI is InChI=1S/C6H10N2O/c1-3-5-8(7-9)6-4-2/h3-4H,1-2,5-6H2/p+1. The molecule has 0 saturated heterocycles. The van der Waals surface area contributed by atoms with Crippen molar-refractivity contribution < 1.29 is 5.01 Å². The summed E-state index contributed by atoms with van der Waals surface area (Å²) in [5.41, 5.74) is 0. The molecule has 3 nitrogen and oxygen atoms in total. The Hall–Kier alpha value is -0.960. The van der Waals surface area contributed by atoms with Crippen LogP contribution in [0.5, 0.6) is 0 Å². The molecule has 0 aliphatic carbocycles. The van der Waals surface area contributed by atoms with Crippen molar-refractivity contribution in [1.82, 2.24) is 0 Å². The normalized spacial score (nSPS) is 9.00. The lowest BCUT2D eigenvalue weighted by Gasteiger charge is -2.00. The molecule has 0 aromatic carbocycles. The molecular weight excluding hydrogens is 116 g/mol. The van der Waals surface area contributed by atoms with Crippen LogP contribution < -0.4 is 5.01 Å². The van der Waals surface area contributed by atoms with E-state index in [0.717, 1.165) is 0 Å². The Morgan fingerprint density at radius 2 is 1.78 bits per heavy atom. The molecule has 0 spiro atoms. The maximum Gasteiger partial charge on any atom is 0.151 e. The summed E-state index contributed by atoms with van der Waals surface area (Å²) >= 11 is 0. The summed E-state index contributed by atoms with van der Waals surface area (Å²) in [6, 6.07) is 0. The first-order chi connectivity index (χ1) is 4.35. The molecule has 0 aliphatic heterocycles. The van der Waals surface area contributed by atoms with Crippen molar-refractivity contribution in [3.63, 3.8) is 0 Å². The molecule has 9 heavy (non-hydrogen) atoms.